The van der Waals surface area contributed by atoms with Crippen LogP contribution in [0.4, 0.5) is 5.69 Å². The van der Waals surface area contributed by atoms with E-state index < -0.39 is 0 Å². The first kappa shape index (κ1) is 20.6. The Morgan fingerprint density at radius 3 is 2.48 bits per heavy atom. The van der Waals surface area contributed by atoms with Gasteiger partial charge in [-0.25, -0.2) is 0 Å². The first-order valence-electron chi connectivity index (χ1n) is 9.00. The molecule has 5 nitrogen and oxygen atoms in total. The van der Waals surface area contributed by atoms with Crippen LogP contribution in [0.3, 0.4) is 0 Å². The molecule has 0 saturated carbocycles. The van der Waals surface area contributed by atoms with Crippen molar-refractivity contribution in [2.45, 2.75) is 13.5 Å². The summed E-state index contributed by atoms with van der Waals surface area (Å²) in [6, 6.07) is 18.8. The highest BCUT2D eigenvalue weighted by Gasteiger charge is 2.16. The number of ether oxygens (including phenoxy) is 1. The van der Waals surface area contributed by atoms with E-state index in [1.54, 1.807) is 54.6 Å². The average Bonchev–Trinajstić information content (AvgIpc) is 2.74. The number of aryl methyl sites for hydroxylation is 1. The fourth-order valence-corrected chi connectivity index (χ4v) is 3.02. The summed E-state index contributed by atoms with van der Waals surface area (Å²) < 4.78 is 5.62. The summed E-state index contributed by atoms with van der Waals surface area (Å²) in [6.07, 6.45) is 0. The van der Waals surface area contributed by atoms with Crippen molar-refractivity contribution in [3.8, 4) is 5.75 Å². The number of anilines is 1. The summed E-state index contributed by atoms with van der Waals surface area (Å²) in [6.45, 7) is 1.51. The maximum atomic E-state index is 12.8. The van der Waals surface area contributed by atoms with Crippen molar-refractivity contribution < 1.29 is 19.4 Å². The molecule has 0 atom stereocenters. The van der Waals surface area contributed by atoms with Gasteiger partial charge in [0.2, 0.25) is 0 Å². The molecule has 29 heavy (non-hydrogen) atoms. The second kappa shape index (κ2) is 9.37. The van der Waals surface area contributed by atoms with Gasteiger partial charge in [-0.3, -0.25) is 9.59 Å². The van der Waals surface area contributed by atoms with E-state index in [2.05, 4.69) is 5.32 Å². The van der Waals surface area contributed by atoms with Crippen LogP contribution < -0.4 is 10.1 Å². The molecule has 0 unspecified atom stereocenters. The molecule has 0 heterocycles. The van der Waals surface area contributed by atoms with Crippen LogP contribution in [0.2, 0.25) is 5.02 Å². The van der Waals surface area contributed by atoms with Crippen molar-refractivity contribution in [2.75, 3.05) is 11.9 Å². The van der Waals surface area contributed by atoms with Crippen LogP contribution in [0, 0.1) is 6.92 Å². The largest absolute Gasteiger partial charge is 0.483 e. The minimum atomic E-state index is -0.363. The lowest BCUT2D eigenvalue weighted by Gasteiger charge is -2.13. The summed E-state index contributed by atoms with van der Waals surface area (Å²) in [5.74, 6) is -0.317. The summed E-state index contributed by atoms with van der Waals surface area (Å²) >= 11 is 6.06. The molecule has 0 fully saturated rings. The Morgan fingerprint density at radius 1 is 1.03 bits per heavy atom. The predicted octanol–water partition coefficient (Wildman–Crippen LogP) is 4.39. The SMILES string of the molecule is Cc1cc(CO)ccc1NC(=O)COc1ccc(Cl)cc1C(=O)c1ccccc1. The maximum Gasteiger partial charge on any atom is 0.262 e. The quantitative estimate of drug-likeness (QED) is 0.567. The third-order valence-corrected chi connectivity index (χ3v) is 4.56. The van der Waals surface area contributed by atoms with Gasteiger partial charge in [-0.05, 0) is 42.3 Å². The highest BCUT2D eigenvalue weighted by atomic mass is 35.5. The minimum Gasteiger partial charge on any atom is -0.483 e. The molecule has 0 aromatic heterocycles. The monoisotopic (exact) mass is 409 g/mol. The second-order valence-corrected chi connectivity index (χ2v) is 6.92. The molecule has 1 amide bonds. The molecular formula is C23H20ClNO4. The molecule has 3 rings (SSSR count). The number of benzene rings is 3. The standard InChI is InChI=1S/C23H20ClNO4/c1-15-11-16(13-26)7-9-20(15)25-22(27)14-29-21-10-8-18(24)12-19(21)23(28)17-5-3-2-4-6-17/h2-12,26H,13-14H2,1H3,(H,25,27). The molecule has 0 aliphatic rings. The number of aliphatic hydroxyl groups excluding tert-OH is 1. The van der Waals surface area contributed by atoms with Crippen molar-refractivity contribution in [1.29, 1.82) is 0 Å². The van der Waals surface area contributed by atoms with Crippen LogP contribution >= 0.6 is 11.6 Å². The van der Waals surface area contributed by atoms with E-state index in [9.17, 15) is 14.7 Å². The molecule has 3 aromatic carbocycles. The zero-order valence-electron chi connectivity index (χ0n) is 15.8. The smallest absolute Gasteiger partial charge is 0.262 e. The third-order valence-electron chi connectivity index (χ3n) is 4.33. The van der Waals surface area contributed by atoms with Gasteiger partial charge in [0.25, 0.3) is 5.91 Å². The van der Waals surface area contributed by atoms with Gasteiger partial charge in [0.1, 0.15) is 5.75 Å². The zero-order valence-corrected chi connectivity index (χ0v) is 16.6. The maximum absolute atomic E-state index is 12.8. The molecular weight excluding hydrogens is 390 g/mol. The molecule has 0 aliphatic carbocycles. The number of hydrogen-bond donors (Lipinski definition) is 2. The van der Waals surface area contributed by atoms with E-state index >= 15 is 0 Å². The lowest BCUT2D eigenvalue weighted by Crippen LogP contribution is -2.21. The van der Waals surface area contributed by atoms with E-state index in [0.717, 1.165) is 11.1 Å². The number of ketones is 1. The Balaban J connectivity index is 1.72. The molecule has 0 radical (unpaired) electrons. The lowest BCUT2D eigenvalue weighted by atomic mass is 10.0. The van der Waals surface area contributed by atoms with Crippen LogP contribution in [-0.2, 0) is 11.4 Å². The Hall–Kier alpha value is -3.15. The van der Waals surface area contributed by atoms with Crippen LogP contribution in [0.1, 0.15) is 27.0 Å². The minimum absolute atomic E-state index is 0.0625. The van der Waals surface area contributed by atoms with Crippen molar-refractivity contribution in [1.82, 2.24) is 0 Å². The molecule has 0 bridgehead atoms. The molecule has 0 spiro atoms. The fourth-order valence-electron chi connectivity index (χ4n) is 2.84. The first-order valence-corrected chi connectivity index (χ1v) is 9.38. The Kier molecular flexibility index (Phi) is 6.65. The molecule has 0 aliphatic heterocycles. The zero-order chi connectivity index (χ0) is 20.8. The fraction of sp³-hybridized carbons (Fsp3) is 0.130. The van der Waals surface area contributed by atoms with Gasteiger partial charge < -0.3 is 15.2 Å². The summed E-state index contributed by atoms with van der Waals surface area (Å²) in [7, 11) is 0. The van der Waals surface area contributed by atoms with E-state index in [1.165, 1.54) is 6.07 Å². The second-order valence-electron chi connectivity index (χ2n) is 6.48. The van der Waals surface area contributed by atoms with Crippen LogP contribution in [0.25, 0.3) is 0 Å². The van der Waals surface area contributed by atoms with Crippen LogP contribution in [-0.4, -0.2) is 23.4 Å². The number of aliphatic hydroxyl groups is 1. The molecule has 0 saturated heterocycles. The normalized spacial score (nSPS) is 10.4. The van der Waals surface area contributed by atoms with Crippen LogP contribution in [0.15, 0.2) is 66.7 Å². The van der Waals surface area contributed by atoms with E-state index in [4.69, 9.17) is 16.3 Å². The van der Waals surface area contributed by atoms with Gasteiger partial charge in [-0.1, -0.05) is 54.1 Å². The highest BCUT2D eigenvalue weighted by Crippen LogP contribution is 2.26. The summed E-state index contributed by atoms with van der Waals surface area (Å²) in [5, 5.41) is 12.3. The third kappa shape index (κ3) is 5.22. The highest BCUT2D eigenvalue weighted by molar-refractivity contribution is 6.31. The van der Waals surface area contributed by atoms with E-state index in [1.807, 2.05) is 13.0 Å². The van der Waals surface area contributed by atoms with Gasteiger partial charge in [0.15, 0.2) is 12.4 Å². The lowest BCUT2D eigenvalue weighted by molar-refractivity contribution is -0.118. The topological polar surface area (TPSA) is 75.6 Å². The predicted molar refractivity (Wildman–Crippen MR) is 113 cm³/mol. The molecule has 3 aromatic rings. The molecule has 148 valence electrons. The number of carbonyl (C=O) groups excluding carboxylic acids is 2. The Labute approximate surface area is 173 Å². The number of nitrogens with one attached hydrogen (secondary N) is 1. The summed E-state index contributed by atoms with van der Waals surface area (Å²) in [5.41, 5.74) is 3.02. The number of amides is 1. The van der Waals surface area contributed by atoms with Gasteiger partial charge >= 0.3 is 0 Å². The van der Waals surface area contributed by atoms with Crippen molar-refractivity contribution in [3.63, 3.8) is 0 Å². The number of rotatable bonds is 7. The van der Waals surface area contributed by atoms with E-state index in [-0.39, 0.29) is 30.7 Å². The van der Waals surface area contributed by atoms with Crippen molar-refractivity contribution >= 4 is 29.0 Å². The van der Waals surface area contributed by atoms with Crippen LogP contribution in [0.5, 0.6) is 5.75 Å². The van der Waals surface area contributed by atoms with Gasteiger partial charge in [0.05, 0.1) is 12.2 Å². The van der Waals surface area contributed by atoms with Crippen molar-refractivity contribution in [2.24, 2.45) is 0 Å². The number of carbonyl (C=O) groups is 2. The number of halogens is 1. The van der Waals surface area contributed by atoms with Gasteiger partial charge in [-0.15, -0.1) is 0 Å². The van der Waals surface area contributed by atoms with E-state index in [0.29, 0.717) is 21.8 Å². The molecule has 6 heteroatoms. The Morgan fingerprint density at radius 2 is 1.79 bits per heavy atom. The van der Waals surface area contributed by atoms with Gasteiger partial charge in [0, 0.05) is 16.3 Å². The van der Waals surface area contributed by atoms with Gasteiger partial charge in [-0.2, -0.15) is 0 Å². The molecule has 2 N–H and O–H groups in total. The van der Waals surface area contributed by atoms with Crippen molar-refractivity contribution in [3.05, 3.63) is 94.0 Å². The summed E-state index contributed by atoms with van der Waals surface area (Å²) in [4.78, 5) is 25.1. The number of hydrogen-bond acceptors (Lipinski definition) is 4. The average molecular weight is 410 g/mol. The Bertz CT molecular complexity index is 1030. The first-order chi connectivity index (χ1) is 14.0.